The van der Waals surface area contributed by atoms with E-state index < -0.39 is 18.2 Å². The number of hydroxylamine groups is 2. The van der Waals surface area contributed by atoms with Gasteiger partial charge < -0.3 is 19.4 Å². The average Bonchev–Trinajstić information content (AvgIpc) is 3.17. The van der Waals surface area contributed by atoms with Crippen LogP contribution in [0, 0.1) is 0 Å². The van der Waals surface area contributed by atoms with Gasteiger partial charge in [0.2, 0.25) is 0 Å². The molecular weight excluding hydrogens is 491 g/mol. The van der Waals surface area contributed by atoms with Crippen molar-refractivity contribution in [3.8, 4) is 11.5 Å². The highest BCUT2D eigenvalue weighted by atomic mass is 35.5. The quantitative estimate of drug-likeness (QED) is 0.367. The molecule has 1 heterocycles. The van der Waals surface area contributed by atoms with Crippen LogP contribution in [0.1, 0.15) is 42.6 Å². The summed E-state index contributed by atoms with van der Waals surface area (Å²) in [5, 5.41) is 12.1. The fourth-order valence-corrected chi connectivity index (χ4v) is 4.20. The van der Waals surface area contributed by atoms with Gasteiger partial charge in [0.15, 0.2) is 5.84 Å². The number of halogens is 2. The first-order valence-electron chi connectivity index (χ1n) is 10.9. The van der Waals surface area contributed by atoms with E-state index in [1.54, 1.807) is 49.6 Å². The second-order valence-electron chi connectivity index (χ2n) is 8.16. The number of carboxylic acid groups (broad SMARTS) is 1. The molecule has 2 unspecified atom stereocenters. The highest BCUT2D eigenvalue weighted by Crippen LogP contribution is 2.45. The summed E-state index contributed by atoms with van der Waals surface area (Å²) in [7, 11) is 1.56. The molecule has 0 saturated carbocycles. The Morgan fingerprint density at radius 1 is 0.971 bits per heavy atom. The Balaban J connectivity index is 1.90. The summed E-state index contributed by atoms with van der Waals surface area (Å²) in [4.78, 5) is 22.1. The standard InChI is InChI=1S/C26H24Cl2N2O5/c1-15(2)34-22-14-20(33-3)12-13-21(22)25-29-23(16-4-8-18(27)9-5-16)24(30(25)35-26(31)32)17-6-10-19(28)11-7-17/h4-15,23-24H,1-3H3,(H,31,32). The van der Waals surface area contributed by atoms with Gasteiger partial charge in [0.1, 0.15) is 23.6 Å². The Morgan fingerprint density at radius 2 is 1.57 bits per heavy atom. The summed E-state index contributed by atoms with van der Waals surface area (Å²) in [5.41, 5.74) is 2.17. The first kappa shape index (κ1) is 24.7. The van der Waals surface area contributed by atoms with Crippen LogP contribution < -0.4 is 9.47 Å². The van der Waals surface area contributed by atoms with Crippen LogP contribution >= 0.6 is 23.2 Å². The highest BCUT2D eigenvalue weighted by molar-refractivity contribution is 6.30. The van der Waals surface area contributed by atoms with Gasteiger partial charge in [-0.25, -0.2) is 4.79 Å². The van der Waals surface area contributed by atoms with Crippen molar-refractivity contribution in [1.82, 2.24) is 5.06 Å². The molecule has 182 valence electrons. The SMILES string of the molecule is COc1ccc(C2=NC(c3ccc(Cl)cc3)C(c3ccc(Cl)cc3)N2OC(=O)O)c(OC(C)C)c1. The van der Waals surface area contributed by atoms with E-state index in [-0.39, 0.29) is 6.10 Å². The third-order valence-corrected chi connectivity index (χ3v) is 5.92. The molecule has 0 aliphatic carbocycles. The Hall–Kier alpha value is -3.42. The number of rotatable bonds is 7. The van der Waals surface area contributed by atoms with E-state index in [0.717, 1.165) is 11.1 Å². The van der Waals surface area contributed by atoms with Gasteiger partial charge in [-0.3, -0.25) is 4.99 Å². The lowest BCUT2D eigenvalue weighted by atomic mass is 9.94. The Morgan fingerprint density at radius 3 is 2.11 bits per heavy atom. The summed E-state index contributed by atoms with van der Waals surface area (Å²) in [6, 6.07) is 18.6. The summed E-state index contributed by atoms with van der Waals surface area (Å²) in [5.74, 6) is 1.39. The number of methoxy groups -OCH3 is 1. The van der Waals surface area contributed by atoms with Gasteiger partial charge in [-0.2, -0.15) is 5.06 Å². The number of hydrogen-bond donors (Lipinski definition) is 1. The van der Waals surface area contributed by atoms with Gasteiger partial charge in [0, 0.05) is 16.1 Å². The summed E-state index contributed by atoms with van der Waals surface area (Å²) >= 11 is 12.2. The normalized spacial score (nSPS) is 17.3. The zero-order valence-corrected chi connectivity index (χ0v) is 20.8. The first-order valence-corrected chi connectivity index (χ1v) is 11.7. The minimum Gasteiger partial charge on any atom is -0.497 e. The smallest absolute Gasteiger partial charge is 0.497 e. The van der Waals surface area contributed by atoms with Crippen molar-refractivity contribution in [1.29, 1.82) is 0 Å². The molecule has 3 aromatic carbocycles. The lowest BCUT2D eigenvalue weighted by molar-refractivity contribution is -0.0874. The molecule has 0 bridgehead atoms. The van der Waals surface area contributed by atoms with Crippen molar-refractivity contribution in [3.63, 3.8) is 0 Å². The Bertz CT molecular complexity index is 1230. The van der Waals surface area contributed by atoms with Crippen LogP contribution in [0.3, 0.4) is 0 Å². The van der Waals surface area contributed by atoms with Crippen molar-refractivity contribution < 1.29 is 24.2 Å². The van der Waals surface area contributed by atoms with E-state index in [1.807, 2.05) is 38.1 Å². The van der Waals surface area contributed by atoms with E-state index in [2.05, 4.69) is 0 Å². The second kappa shape index (κ2) is 10.5. The molecule has 3 aromatic rings. The Labute approximate surface area is 213 Å². The number of aliphatic imine (C=N–C) groups is 1. The van der Waals surface area contributed by atoms with Crippen molar-refractivity contribution in [2.24, 2.45) is 4.99 Å². The summed E-state index contributed by atoms with van der Waals surface area (Å²) < 4.78 is 11.4. The molecule has 1 N–H and O–H groups in total. The number of carbonyl (C=O) groups is 1. The topological polar surface area (TPSA) is 80.6 Å². The monoisotopic (exact) mass is 514 g/mol. The summed E-state index contributed by atoms with van der Waals surface area (Å²) in [6.07, 6.45) is -1.61. The predicted molar refractivity (Wildman–Crippen MR) is 135 cm³/mol. The lowest BCUT2D eigenvalue weighted by Crippen LogP contribution is -2.34. The fraction of sp³-hybridized carbons (Fsp3) is 0.231. The van der Waals surface area contributed by atoms with E-state index in [9.17, 15) is 9.90 Å². The maximum atomic E-state index is 11.8. The zero-order chi connectivity index (χ0) is 25.1. The molecule has 4 rings (SSSR count). The minimum absolute atomic E-state index is 0.143. The largest absolute Gasteiger partial charge is 0.530 e. The first-order chi connectivity index (χ1) is 16.8. The highest BCUT2D eigenvalue weighted by Gasteiger charge is 2.42. The third kappa shape index (κ3) is 5.47. The number of ether oxygens (including phenoxy) is 2. The number of nitrogens with zero attached hydrogens (tertiary/aromatic N) is 2. The molecule has 35 heavy (non-hydrogen) atoms. The molecular formula is C26H24Cl2N2O5. The maximum absolute atomic E-state index is 11.8. The minimum atomic E-state index is -1.46. The average molecular weight is 515 g/mol. The van der Waals surface area contributed by atoms with E-state index >= 15 is 0 Å². The zero-order valence-electron chi connectivity index (χ0n) is 19.3. The van der Waals surface area contributed by atoms with Crippen LogP contribution in [0.5, 0.6) is 11.5 Å². The maximum Gasteiger partial charge on any atom is 0.530 e. The van der Waals surface area contributed by atoms with Crippen molar-refractivity contribution >= 4 is 35.2 Å². The van der Waals surface area contributed by atoms with Crippen LogP contribution in [0.15, 0.2) is 71.7 Å². The van der Waals surface area contributed by atoms with Crippen LogP contribution in [0.25, 0.3) is 0 Å². The van der Waals surface area contributed by atoms with Gasteiger partial charge in [-0.05, 0) is 61.4 Å². The van der Waals surface area contributed by atoms with Crippen LogP contribution in [-0.2, 0) is 4.84 Å². The Kier molecular flexibility index (Phi) is 7.38. The van der Waals surface area contributed by atoms with Crippen LogP contribution in [-0.4, -0.2) is 35.4 Å². The fourth-order valence-electron chi connectivity index (χ4n) is 3.95. The van der Waals surface area contributed by atoms with Gasteiger partial charge in [-0.1, -0.05) is 47.5 Å². The lowest BCUT2D eigenvalue weighted by Gasteiger charge is -2.28. The number of hydrogen-bond acceptors (Lipinski definition) is 6. The number of benzene rings is 3. The second-order valence-corrected chi connectivity index (χ2v) is 9.03. The molecule has 0 amide bonds. The summed E-state index contributed by atoms with van der Waals surface area (Å²) in [6.45, 7) is 3.80. The van der Waals surface area contributed by atoms with E-state index in [4.69, 9.17) is 42.5 Å². The van der Waals surface area contributed by atoms with Gasteiger partial charge >= 0.3 is 6.16 Å². The van der Waals surface area contributed by atoms with Crippen molar-refractivity contribution in [3.05, 3.63) is 93.5 Å². The molecule has 0 saturated heterocycles. The molecule has 7 nitrogen and oxygen atoms in total. The number of amidine groups is 1. The molecule has 1 aliphatic heterocycles. The molecule has 0 fully saturated rings. The molecule has 0 aromatic heterocycles. The van der Waals surface area contributed by atoms with E-state index in [1.165, 1.54) is 5.06 Å². The van der Waals surface area contributed by atoms with Crippen LogP contribution in [0.2, 0.25) is 10.0 Å². The molecule has 9 heteroatoms. The van der Waals surface area contributed by atoms with Crippen LogP contribution in [0.4, 0.5) is 4.79 Å². The molecule has 2 atom stereocenters. The molecule has 0 radical (unpaired) electrons. The van der Waals surface area contributed by atoms with Gasteiger partial charge in [0.25, 0.3) is 0 Å². The predicted octanol–water partition coefficient (Wildman–Crippen LogP) is 6.94. The molecule has 1 aliphatic rings. The molecule has 0 spiro atoms. The third-order valence-electron chi connectivity index (χ3n) is 5.41. The van der Waals surface area contributed by atoms with Gasteiger partial charge in [0.05, 0.1) is 18.8 Å². The van der Waals surface area contributed by atoms with Crippen molar-refractivity contribution in [2.45, 2.75) is 32.0 Å². The van der Waals surface area contributed by atoms with E-state index in [0.29, 0.717) is 32.9 Å². The van der Waals surface area contributed by atoms with Crippen molar-refractivity contribution in [2.75, 3.05) is 7.11 Å². The van der Waals surface area contributed by atoms with Gasteiger partial charge in [-0.15, -0.1) is 0 Å².